The van der Waals surface area contributed by atoms with Gasteiger partial charge in [-0.3, -0.25) is 4.98 Å². The lowest BCUT2D eigenvalue weighted by atomic mass is 10.1. The molecule has 3 nitrogen and oxygen atoms in total. The fourth-order valence-corrected chi connectivity index (χ4v) is 2.68. The van der Waals surface area contributed by atoms with Gasteiger partial charge in [-0.2, -0.15) is 0 Å². The Hall–Kier alpha value is -0.930. The summed E-state index contributed by atoms with van der Waals surface area (Å²) in [5, 5.41) is 3.61. The average molecular weight is 261 g/mol. The number of aryl methyl sites for hydroxylation is 2. The van der Waals surface area contributed by atoms with Crippen molar-refractivity contribution in [3.63, 3.8) is 0 Å². The Morgan fingerprint density at radius 3 is 2.68 bits per heavy atom. The van der Waals surface area contributed by atoms with Crippen LogP contribution in [0.1, 0.15) is 43.0 Å². The number of nitrogens with zero attached hydrogens (tertiary/aromatic N) is 2. The number of pyridine rings is 1. The molecule has 3 heteroatoms. The summed E-state index contributed by atoms with van der Waals surface area (Å²) in [7, 11) is 0. The minimum atomic E-state index is 0.541. The molecule has 0 bridgehead atoms. The van der Waals surface area contributed by atoms with Crippen LogP contribution >= 0.6 is 0 Å². The van der Waals surface area contributed by atoms with Crippen molar-refractivity contribution in [1.29, 1.82) is 0 Å². The smallest absolute Gasteiger partial charge is 0.0402 e. The van der Waals surface area contributed by atoms with Gasteiger partial charge >= 0.3 is 0 Å². The largest absolute Gasteiger partial charge is 0.309 e. The minimum absolute atomic E-state index is 0.541. The van der Waals surface area contributed by atoms with Crippen LogP contribution in [0.3, 0.4) is 0 Å². The van der Waals surface area contributed by atoms with Crippen LogP contribution in [0.4, 0.5) is 0 Å². The molecule has 1 aromatic heterocycles. The number of piperidine rings is 1. The summed E-state index contributed by atoms with van der Waals surface area (Å²) in [6.07, 6.45) is 6.14. The van der Waals surface area contributed by atoms with Crippen LogP contribution in [-0.4, -0.2) is 35.6 Å². The van der Waals surface area contributed by atoms with Gasteiger partial charge < -0.3 is 10.2 Å². The molecule has 2 rings (SSSR count). The lowest BCUT2D eigenvalue weighted by molar-refractivity contribution is 0.209. The molecule has 1 aliphatic rings. The van der Waals surface area contributed by atoms with Crippen molar-refractivity contribution in [1.82, 2.24) is 15.2 Å². The zero-order valence-electron chi connectivity index (χ0n) is 12.6. The molecular weight excluding hydrogens is 234 g/mol. The van der Waals surface area contributed by atoms with E-state index in [9.17, 15) is 0 Å². The predicted molar refractivity (Wildman–Crippen MR) is 80.3 cm³/mol. The highest BCUT2D eigenvalue weighted by molar-refractivity contribution is 5.22. The topological polar surface area (TPSA) is 28.2 Å². The number of hydrogen-bond donors (Lipinski definition) is 1. The Kier molecular flexibility index (Phi) is 5.34. The van der Waals surface area contributed by atoms with E-state index in [1.165, 1.54) is 43.5 Å². The standard InChI is InChI=1S/C16H27N3/c1-13-9-16(11-18-15(13)3)10-17-14(2)12-19-7-5-4-6-8-19/h9,11,14,17H,4-8,10,12H2,1-3H3/t14-/m0/s1. The molecule has 0 aromatic carbocycles. The molecular formula is C16H27N3. The van der Waals surface area contributed by atoms with Gasteiger partial charge in [0.15, 0.2) is 0 Å². The van der Waals surface area contributed by atoms with Gasteiger partial charge in [0.1, 0.15) is 0 Å². The van der Waals surface area contributed by atoms with Crippen molar-refractivity contribution in [2.75, 3.05) is 19.6 Å². The zero-order valence-corrected chi connectivity index (χ0v) is 12.6. The monoisotopic (exact) mass is 261 g/mol. The molecule has 0 spiro atoms. The van der Waals surface area contributed by atoms with E-state index in [1.54, 1.807) is 0 Å². The first-order chi connectivity index (χ1) is 9.15. The quantitative estimate of drug-likeness (QED) is 0.883. The summed E-state index contributed by atoms with van der Waals surface area (Å²) in [6, 6.07) is 2.78. The molecule has 0 radical (unpaired) electrons. The number of aromatic nitrogens is 1. The molecule has 2 heterocycles. The molecule has 0 unspecified atom stereocenters. The maximum atomic E-state index is 4.42. The highest BCUT2D eigenvalue weighted by Crippen LogP contribution is 2.09. The van der Waals surface area contributed by atoms with E-state index in [4.69, 9.17) is 0 Å². The van der Waals surface area contributed by atoms with Gasteiger partial charge in [0.25, 0.3) is 0 Å². The normalized spacial score (nSPS) is 18.5. The first kappa shape index (κ1) is 14.5. The van der Waals surface area contributed by atoms with Crippen molar-refractivity contribution in [3.8, 4) is 0 Å². The van der Waals surface area contributed by atoms with Gasteiger partial charge in [-0.25, -0.2) is 0 Å². The second-order valence-corrected chi connectivity index (χ2v) is 5.89. The van der Waals surface area contributed by atoms with Crippen LogP contribution in [0.15, 0.2) is 12.3 Å². The van der Waals surface area contributed by atoms with Crippen LogP contribution in [0.5, 0.6) is 0 Å². The van der Waals surface area contributed by atoms with Gasteiger partial charge in [0, 0.05) is 31.0 Å². The Labute approximate surface area is 117 Å². The molecule has 106 valence electrons. The van der Waals surface area contributed by atoms with Crippen LogP contribution < -0.4 is 5.32 Å². The maximum absolute atomic E-state index is 4.42. The molecule has 0 aliphatic carbocycles. The molecule has 1 N–H and O–H groups in total. The number of nitrogens with one attached hydrogen (secondary N) is 1. The molecule has 0 saturated carbocycles. The van der Waals surface area contributed by atoms with Crippen LogP contribution in [0.2, 0.25) is 0 Å². The van der Waals surface area contributed by atoms with Crippen molar-refractivity contribution in [3.05, 3.63) is 29.1 Å². The van der Waals surface area contributed by atoms with Crippen LogP contribution in [0.25, 0.3) is 0 Å². The van der Waals surface area contributed by atoms with E-state index in [0.717, 1.165) is 18.8 Å². The Morgan fingerprint density at radius 2 is 2.00 bits per heavy atom. The van der Waals surface area contributed by atoms with E-state index in [1.807, 2.05) is 6.20 Å². The van der Waals surface area contributed by atoms with Crippen molar-refractivity contribution < 1.29 is 0 Å². The first-order valence-electron chi connectivity index (χ1n) is 7.53. The highest BCUT2D eigenvalue weighted by Gasteiger charge is 2.12. The van der Waals surface area contributed by atoms with E-state index in [0.29, 0.717) is 6.04 Å². The summed E-state index contributed by atoms with van der Waals surface area (Å²) in [6.45, 7) is 11.1. The number of hydrogen-bond acceptors (Lipinski definition) is 3. The second-order valence-electron chi connectivity index (χ2n) is 5.89. The van der Waals surface area contributed by atoms with Crippen molar-refractivity contribution in [2.45, 2.75) is 52.6 Å². The van der Waals surface area contributed by atoms with Gasteiger partial charge in [-0.05, 0) is 57.8 Å². The van der Waals surface area contributed by atoms with Gasteiger partial charge in [0.05, 0.1) is 0 Å². The maximum Gasteiger partial charge on any atom is 0.0402 e. The van der Waals surface area contributed by atoms with Crippen LogP contribution in [-0.2, 0) is 6.54 Å². The molecule has 1 atom stereocenters. The van der Waals surface area contributed by atoms with Gasteiger partial charge in [-0.1, -0.05) is 12.5 Å². The number of likely N-dealkylation sites (tertiary alicyclic amines) is 1. The van der Waals surface area contributed by atoms with E-state index >= 15 is 0 Å². The third kappa shape index (κ3) is 4.59. The fraction of sp³-hybridized carbons (Fsp3) is 0.688. The van der Waals surface area contributed by atoms with Gasteiger partial charge in [-0.15, -0.1) is 0 Å². The molecule has 1 fully saturated rings. The molecule has 0 amide bonds. The summed E-state index contributed by atoms with van der Waals surface area (Å²) in [4.78, 5) is 7.01. The Bertz CT molecular complexity index is 397. The highest BCUT2D eigenvalue weighted by atomic mass is 15.1. The molecule has 1 aliphatic heterocycles. The van der Waals surface area contributed by atoms with Gasteiger partial charge in [0.2, 0.25) is 0 Å². The zero-order chi connectivity index (χ0) is 13.7. The van der Waals surface area contributed by atoms with E-state index in [-0.39, 0.29) is 0 Å². The third-order valence-electron chi connectivity index (χ3n) is 4.03. The second kappa shape index (κ2) is 7.01. The lowest BCUT2D eigenvalue weighted by Crippen LogP contribution is -2.41. The predicted octanol–water partition coefficient (Wildman–Crippen LogP) is 2.66. The fourth-order valence-electron chi connectivity index (χ4n) is 2.68. The molecule has 1 aromatic rings. The summed E-state index contributed by atoms with van der Waals surface area (Å²) < 4.78 is 0. The van der Waals surface area contributed by atoms with Crippen molar-refractivity contribution >= 4 is 0 Å². The Balaban J connectivity index is 1.75. The van der Waals surface area contributed by atoms with E-state index < -0.39 is 0 Å². The molecule has 19 heavy (non-hydrogen) atoms. The first-order valence-corrected chi connectivity index (χ1v) is 7.53. The summed E-state index contributed by atoms with van der Waals surface area (Å²) in [5.41, 5.74) is 3.70. The molecule has 1 saturated heterocycles. The minimum Gasteiger partial charge on any atom is -0.309 e. The SMILES string of the molecule is Cc1cc(CN[C@@H](C)CN2CCCCC2)cnc1C. The lowest BCUT2D eigenvalue weighted by Gasteiger charge is -2.29. The van der Waals surface area contributed by atoms with E-state index in [2.05, 4.69) is 42.0 Å². The average Bonchev–Trinajstić information content (AvgIpc) is 2.41. The summed E-state index contributed by atoms with van der Waals surface area (Å²) >= 11 is 0. The number of rotatable bonds is 5. The Morgan fingerprint density at radius 1 is 1.26 bits per heavy atom. The third-order valence-corrected chi connectivity index (χ3v) is 4.03. The summed E-state index contributed by atoms with van der Waals surface area (Å²) in [5.74, 6) is 0. The van der Waals surface area contributed by atoms with Crippen LogP contribution in [0, 0.1) is 13.8 Å². The van der Waals surface area contributed by atoms with Crippen molar-refractivity contribution in [2.24, 2.45) is 0 Å².